The Kier molecular flexibility index (Phi) is 26.3. The number of rotatable bonds is 8. The van der Waals surface area contributed by atoms with Crippen LogP contribution in [0.5, 0.6) is 0 Å². The summed E-state index contributed by atoms with van der Waals surface area (Å²) >= 11 is 0. The smallest absolute Gasteiger partial charge is 0.347 e. The molecular weight excluding hydrogens is 1720 g/mol. The molecule has 0 fully saturated rings. The van der Waals surface area contributed by atoms with E-state index in [1.807, 2.05) is 42.5 Å². The van der Waals surface area contributed by atoms with Crippen molar-refractivity contribution >= 4 is 87.2 Å². The fourth-order valence-corrected chi connectivity index (χ4v) is 12.4. The predicted molar refractivity (Wildman–Crippen MR) is 486 cm³/mol. The van der Waals surface area contributed by atoms with Crippen molar-refractivity contribution in [2.45, 2.75) is 0 Å². The lowest BCUT2D eigenvalue weighted by Crippen LogP contribution is -2.03. The number of hydrogen-bond acceptors (Lipinski definition) is 37. The molecule has 0 radical (unpaired) electrons. The highest BCUT2D eigenvalue weighted by Crippen LogP contribution is 2.24. The maximum Gasteiger partial charge on any atom is 0.347 e. The van der Waals surface area contributed by atoms with Gasteiger partial charge in [-0.15, -0.1) is 5.10 Å². The van der Waals surface area contributed by atoms with Crippen LogP contribution in [-0.2, 0) is 0 Å². The van der Waals surface area contributed by atoms with Crippen LogP contribution < -0.4 is 45.0 Å². The number of H-pyrrole nitrogens is 1. The van der Waals surface area contributed by atoms with Crippen LogP contribution in [0.2, 0.25) is 0 Å². The summed E-state index contributed by atoms with van der Waals surface area (Å²) in [4.78, 5) is 159. The Morgan fingerprint density at radius 3 is 1.01 bits per heavy atom. The summed E-state index contributed by atoms with van der Waals surface area (Å²) in [5.41, 5.74) is 4.35. The van der Waals surface area contributed by atoms with Gasteiger partial charge < -0.3 is 39.9 Å². The van der Waals surface area contributed by atoms with Crippen LogP contribution in [0.3, 0.4) is 0 Å². The molecule has 0 spiro atoms. The lowest BCUT2D eigenvalue weighted by atomic mass is 10.2. The van der Waals surface area contributed by atoms with Crippen molar-refractivity contribution in [1.82, 2.24) is 105 Å². The number of nitrogens with zero attached hydrogens (tertiary/aromatic N) is 20. The van der Waals surface area contributed by atoms with E-state index in [4.69, 9.17) is 39.9 Å². The summed E-state index contributed by atoms with van der Waals surface area (Å²) in [5, 5.41) is 21.1. The van der Waals surface area contributed by atoms with E-state index in [0.717, 1.165) is 5.56 Å². The van der Waals surface area contributed by atoms with Crippen LogP contribution >= 0.6 is 0 Å². The quantitative estimate of drug-likeness (QED) is 0.148. The van der Waals surface area contributed by atoms with E-state index < -0.39 is 33.8 Å². The molecule has 24 rings (SSSR count). The third-order valence-corrected chi connectivity index (χ3v) is 18.6. The number of aromatic nitrogens is 21. The largest absolute Gasteiger partial charge is 0.403 e. The molecule has 16 heterocycles. The minimum Gasteiger partial charge on any atom is -0.403 e. The molecule has 38 heteroatoms. The third kappa shape index (κ3) is 20.7. The SMILES string of the molecule is O=c1oc(-c2ccccn2)nc2ccccc12.O=c1oc(-c2cccnc2)nc2ccccc12.O=c1oc(-c2cccnn2)nc2ccccc12.O=c1oc(-c2ccncc2)nc2ccccc12.O=c1oc(-c2ccno2)nc2ccccc12.O=c1oc(-c2cnccn2)nc2ccccc12.O=c1oc(-c2ncccn2)nc2ccccc12.O=c1oc(-c2ncn[nH]2)nc2ccccc12. The predicted octanol–water partition coefficient (Wildman–Crippen LogP) is 14.5. The Labute approximate surface area is 746 Å². The molecule has 8 aromatic carbocycles. The number of pyridine rings is 3. The van der Waals surface area contributed by atoms with E-state index in [0.29, 0.717) is 139 Å². The Balaban J connectivity index is 0.000000107. The number of aromatic amines is 1. The number of nitrogens with one attached hydrogen (secondary N) is 1. The second-order valence-corrected chi connectivity index (χ2v) is 27.3. The van der Waals surface area contributed by atoms with Gasteiger partial charge in [-0.3, -0.25) is 25.0 Å². The molecule has 24 aromatic rings. The number of para-hydroxylation sites is 8. The second-order valence-electron chi connectivity index (χ2n) is 27.3. The average Bonchev–Trinajstić information content (AvgIpc) is 1.01. The zero-order valence-corrected chi connectivity index (χ0v) is 68.7. The Morgan fingerprint density at radius 2 is 0.597 bits per heavy atom. The van der Waals surface area contributed by atoms with Crippen LogP contribution in [0.4, 0.5) is 0 Å². The zero-order chi connectivity index (χ0) is 91.9. The molecule has 134 heavy (non-hydrogen) atoms. The highest BCUT2D eigenvalue weighted by Gasteiger charge is 2.18. The molecular formula is C96H57N21O17. The Bertz CT molecular complexity index is 7640. The van der Waals surface area contributed by atoms with Crippen LogP contribution in [0.1, 0.15) is 0 Å². The van der Waals surface area contributed by atoms with Gasteiger partial charge >= 0.3 is 45.0 Å². The van der Waals surface area contributed by atoms with Crippen LogP contribution in [0.15, 0.2) is 420 Å². The molecule has 0 bridgehead atoms. The fraction of sp³-hybridized carbons (Fsp3) is 0. The molecule has 0 saturated heterocycles. The lowest BCUT2D eigenvalue weighted by molar-refractivity contribution is 0.407. The topological polar surface area (TPSA) is 528 Å². The summed E-state index contributed by atoms with van der Waals surface area (Å²) in [5.74, 6) is 2.61. The van der Waals surface area contributed by atoms with Crippen molar-refractivity contribution in [2.24, 2.45) is 0 Å². The standard InChI is InChI=1S/3C13H8N2O2.3C12H7N3O2.C11H6N2O3.C10H6N4O2/c16-13-10-5-1-2-6-11(10)15-12(17-13)9-4-3-7-14-8-9;16-13-9-5-1-2-6-10(9)15-12(17-13)11-7-3-4-8-14-11;16-13-10-3-1-2-4-11(10)15-12(17-13)9-5-7-14-8-6-9;16-12-8-4-1-2-5-9(8)15-11(17-12)10-13-6-3-7-14-10;16-12-8-4-1-2-5-9(8)14-11(17-12)10-6-3-7-13-15-10;16-12-8-3-1-2-4-9(8)15-11(17-12)10-7-13-5-6-14-10;14-11-7-3-1-2-4-8(7)13-10(15-11)9-5-6-12-16-9;15-10-6-3-1-2-4-7(6)13-9(16-10)8-11-5-12-14-8/h3*1-8H;3*1-7H;1-6H;1-5H,(H,11,12,14). The first-order chi connectivity index (χ1) is 65.7. The van der Waals surface area contributed by atoms with Crippen molar-refractivity contribution in [2.75, 3.05) is 0 Å². The molecule has 0 atom stereocenters. The molecule has 648 valence electrons. The van der Waals surface area contributed by atoms with Gasteiger partial charge in [-0.25, -0.2) is 98.2 Å². The molecule has 0 aliphatic rings. The van der Waals surface area contributed by atoms with E-state index in [9.17, 15) is 38.4 Å². The molecule has 16 aromatic heterocycles. The van der Waals surface area contributed by atoms with E-state index in [-0.39, 0.29) is 46.6 Å². The van der Waals surface area contributed by atoms with E-state index in [1.54, 1.807) is 274 Å². The van der Waals surface area contributed by atoms with E-state index in [1.165, 1.54) is 24.9 Å². The van der Waals surface area contributed by atoms with Crippen molar-refractivity contribution < 1.29 is 39.9 Å². The number of hydrogen-bond donors (Lipinski definition) is 1. The number of fused-ring (bicyclic) bond motifs is 8. The molecule has 0 amide bonds. The van der Waals surface area contributed by atoms with Crippen LogP contribution in [-0.4, -0.2) is 105 Å². The fourth-order valence-electron chi connectivity index (χ4n) is 12.4. The highest BCUT2D eigenvalue weighted by molar-refractivity contribution is 5.84. The monoisotopic (exact) mass is 1780 g/mol. The minimum atomic E-state index is -0.433. The summed E-state index contributed by atoms with van der Waals surface area (Å²) in [7, 11) is 0. The van der Waals surface area contributed by atoms with Gasteiger partial charge in [0.25, 0.3) is 29.5 Å². The van der Waals surface area contributed by atoms with Crippen molar-refractivity contribution in [3.63, 3.8) is 0 Å². The van der Waals surface area contributed by atoms with Gasteiger partial charge in [-0.2, -0.15) is 10.2 Å². The first-order valence-corrected chi connectivity index (χ1v) is 39.8. The van der Waals surface area contributed by atoms with E-state index >= 15 is 0 Å². The third-order valence-electron chi connectivity index (χ3n) is 18.6. The van der Waals surface area contributed by atoms with E-state index in [2.05, 4.69) is 105 Å². The maximum absolute atomic E-state index is 11.8. The van der Waals surface area contributed by atoms with Gasteiger partial charge in [0.1, 0.15) is 23.4 Å². The summed E-state index contributed by atoms with van der Waals surface area (Å²) in [6.45, 7) is 0. The molecule has 0 saturated carbocycles. The molecule has 38 nitrogen and oxygen atoms in total. The zero-order valence-electron chi connectivity index (χ0n) is 68.7. The summed E-state index contributed by atoms with van der Waals surface area (Å²) < 4.78 is 45.7. The molecule has 0 aliphatic carbocycles. The summed E-state index contributed by atoms with van der Waals surface area (Å²) in [6.07, 6.45) is 20.2. The maximum atomic E-state index is 11.8. The van der Waals surface area contributed by atoms with Gasteiger partial charge in [0.15, 0.2) is 0 Å². The van der Waals surface area contributed by atoms with Gasteiger partial charge in [-0.05, 0) is 152 Å². The van der Waals surface area contributed by atoms with Crippen molar-refractivity contribution in [3.05, 3.63) is 425 Å². The normalized spacial score (nSPS) is 10.6. The molecule has 0 aliphatic heterocycles. The average molecular weight is 1780 g/mol. The Morgan fingerprint density at radius 1 is 0.231 bits per heavy atom. The highest BCUT2D eigenvalue weighted by atomic mass is 16.5. The summed E-state index contributed by atoms with van der Waals surface area (Å²) in [6, 6.07) is 75.3. The van der Waals surface area contributed by atoms with Crippen molar-refractivity contribution in [3.8, 4) is 92.7 Å². The second kappa shape index (κ2) is 40.9. The van der Waals surface area contributed by atoms with Gasteiger partial charge in [-0.1, -0.05) is 108 Å². The van der Waals surface area contributed by atoms with Gasteiger partial charge in [0, 0.05) is 73.6 Å². The molecule has 1 N–H and O–H groups in total. The Hall–Kier alpha value is -20.1. The minimum absolute atomic E-state index is 0.134. The van der Waals surface area contributed by atoms with Crippen LogP contribution in [0.25, 0.3) is 180 Å². The van der Waals surface area contributed by atoms with Crippen LogP contribution in [0, 0.1) is 0 Å². The van der Waals surface area contributed by atoms with Gasteiger partial charge in [0.05, 0.1) is 105 Å². The first kappa shape index (κ1) is 86.1. The lowest BCUT2D eigenvalue weighted by Gasteiger charge is -2.00. The number of benzene rings is 8. The first-order valence-electron chi connectivity index (χ1n) is 39.8. The van der Waals surface area contributed by atoms with Gasteiger partial charge in [0.2, 0.25) is 35.1 Å². The molecule has 0 unspecified atom stereocenters. The van der Waals surface area contributed by atoms with Crippen molar-refractivity contribution in [1.29, 1.82) is 0 Å².